The summed E-state index contributed by atoms with van der Waals surface area (Å²) < 4.78 is 0.863. The van der Waals surface area contributed by atoms with Gasteiger partial charge in [-0.1, -0.05) is 0 Å². The normalized spacial score (nSPS) is 9.60. The van der Waals surface area contributed by atoms with Gasteiger partial charge in [-0.15, -0.1) is 0 Å². The standard InChI is InChI=1S/C4H6N5.Ga.2H/c5-2-1-3(6)9-4(7)8-2;;;/h(H6,5,6,7,8,9);;;. The fourth-order valence-electron chi connectivity index (χ4n) is 0.571. The van der Waals surface area contributed by atoms with Crippen molar-refractivity contribution in [3.63, 3.8) is 0 Å². The fraction of sp³-hybridized carbons (Fsp3) is 0. The zero-order valence-electron chi connectivity index (χ0n) is 5.63. The Morgan fingerprint density at radius 2 is 1.40 bits per heavy atom. The van der Waals surface area contributed by atoms with Crippen LogP contribution in [0.4, 0.5) is 17.6 Å². The summed E-state index contributed by atoms with van der Waals surface area (Å²) in [6.45, 7) is 0. The minimum absolute atomic E-state index is 0.142. The number of hydrogen-bond acceptors (Lipinski definition) is 5. The molecule has 5 nitrogen and oxygen atoms in total. The van der Waals surface area contributed by atoms with Crippen LogP contribution in [0.3, 0.4) is 0 Å². The second-order valence-electron chi connectivity index (χ2n) is 1.98. The molecule has 0 radical (unpaired) electrons. The van der Waals surface area contributed by atoms with Gasteiger partial charge in [-0.05, 0) is 0 Å². The fourth-order valence-corrected chi connectivity index (χ4v) is 1.04. The maximum atomic E-state index is 5.46. The van der Waals surface area contributed by atoms with Crippen LogP contribution in [0.2, 0.25) is 0 Å². The molecule has 0 unspecified atom stereocenters. The van der Waals surface area contributed by atoms with E-state index in [0.717, 1.165) is 4.12 Å². The molecule has 6 heteroatoms. The van der Waals surface area contributed by atoms with Crippen LogP contribution < -0.4 is 21.3 Å². The van der Waals surface area contributed by atoms with Gasteiger partial charge in [0.1, 0.15) is 0 Å². The summed E-state index contributed by atoms with van der Waals surface area (Å²) >= 11 is 0.398. The number of anilines is 3. The van der Waals surface area contributed by atoms with E-state index in [1.807, 2.05) is 0 Å². The summed E-state index contributed by atoms with van der Waals surface area (Å²) in [6, 6.07) is 0. The van der Waals surface area contributed by atoms with Gasteiger partial charge in [-0.2, -0.15) is 0 Å². The number of nitrogens with two attached hydrogens (primary N) is 3. The molecule has 0 saturated carbocycles. The van der Waals surface area contributed by atoms with Crippen molar-refractivity contribution in [1.29, 1.82) is 0 Å². The third-order valence-corrected chi connectivity index (χ3v) is 3.39. The van der Waals surface area contributed by atoms with Crippen LogP contribution in [0.1, 0.15) is 0 Å². The number of nitrogens with zero attached hydrogens (tertiary/aromatic N) is 2. The molecular weight excluding hydrogens is 188 g/mol. The van der Waals surface area contributed by atoms with Crippen molar-refractivity contribution < 1.29 is 0 Å². The van der Waals surface area contributed by atoms with E-state index >= 15 is 0 Å². The van der Waals surface area contributed by atoms with Gasteiger partial charge < -0.3 is 0 Å². The molecule has 52 valence electrons. The first-order valence-electron chi connectivity index (χ1n) is 2.76. The zero-order valence-corrected chi connectivity index (χ0v) is 9.82. The van der Waals surface area contributed by atoms with Crippen LogP contribution in [-0.4, -0.2) is 28.6 Å². The van der Waals surface area contributed by atoms with Gasteiger partial charge in [0.2, 0.25) is 0 Å². The van der Waals surface area contributed by atoms with E-state index in [0.29, 0.717) is 30.2 Å². The van der Waals surface area contributed by atoms with Gasteiger partial charge in [0.15, 0.2) is 0 Å². The van der Waals surface area contributed by atoms with E-state index in [9.17, 15) is 0 Å². The van der Waals surface area contributed by atoms with Crippen LogP contribution in [-0.2, 0) is 0 Å². The summed E-state index contributed by atoms with van der Waals surface area (Å²) in [5, 5.41) is 0. The Hall–Kier alpha value is -0.884. The molecule has 0 atom stereocenters. The Balaban J connectivity index is 3.31. The summed E-state index contributed by atoms with van der Waals surface area (Å²) in [4.78, 5) is 7.49. The van der Waals surface area contributed by atoms with Crippen molar-refractivity contribution in [3.05, 3.63) is 0 Å². The molecule has 0 amide bonds. The van der Waals surface area contributed by atoms with Gasteiger partial charge in [0.05, 0.1) is 0 Å². The summed E-state index contributed by atoms with van der Waals surface area (Å²) in [7, 11) is 0. The summed E-state index contributed by atoms with van der Waals surface area (Å²) in [5.74, 6) is 0.984. The van der Waals surface area contributed by atoms with Crippen LogP contribution in [0.15, 0.2) is 0 Å². The molecule has 0 spiro atoms. The molecule has 1 rings (SSSR count). The first-order valence-corrected chi connectivity index (χ1v) is 4.86. The molecule has 0 fully saturated rings. The van der Waals surface area contributed by atoms with E-state index in [4.69, 9.17) is 17.2 Å². The summed E-state index contributed by atoms with van der Waals surface area (Å²) in [6.07, 6.45) is 0. The van der Waals surface area contributed by atoms with Gasteiger partial charge in [0, 0.05) is 0 Å². The SMILES string of the molecule is Nc1nc(N)[c]([GaH2])c(N)n1. The Labute approximate surface area is 67.9 Å². The second-order valence-corrected chi connectivity index (χ2v) is 4.08. The predicted molar refractivity (Wildman–Crippen MR) is 43.4 cm³/mol. The number of aromatic nitrogens is 2. The molecule has 0 aliphatic heterocycles. The molecule has 6 N–H and O–H groups in total. The third kappa shape index (κ3) is 1.17. The molecule has 0 aliphatic carbocycles. The van der Waals surface area contributed by atoms with Crippen molar-refractivity contribution in [2.24, 2.45) is 0 Å². The van der Waals surface area contributed by atoms with Crippen LogP contribution in [0.25, 0.3) is 0 Å². The number of rotatable bonds is 0. The van der Waals surface area contributed by atoms with E-state index in [1.165, 1.54) is 0 Å². The van der Waals surface area contributed by atoms with E-state index in [2.05, 4.69) is 9.97 Å². The molecule has 0 saturated heterocycles. The maximum absolute atomic E-state index is 5.46. The zero-order chi connectivity index (χ0) is 7.72. The predicted octanol–water partition coefficient (Wildman–Crippen LogP) is -2.52. The third-order valence-electron chi connectivity index (χ3n) is 1.24. The Bertz CT molecular complexity index is 237. The number of hydrogen-bond donors (Lipinski definition) is 3. The van der Waals surface area contributed by atoms with Gasteiger partial charge in [-0.25, -0.2) is 0 Å². The van der Waals surface area contributed by atoms with Crippen LogP contribution in [0.5, 0.6) is 0 Å². The molecule has 0 bridgehead atoms. The Kier molecular flexibility index (Phi) is 1.73. The first kappa shape index (κ1) is 7.23. The van der Waals surface area contributed by atoms with E-state index in [-0.39, 0.29) is 5.95 Å². The van der Waals surface area contributed by atoms with Crippen molar-refractivity contribution in [1.82, 2.24) is 9.97 Å². The van der Waals surface area contributed by atoms with Crippen LogP contribution in [0, 0.1) is 0 Å². The first-order chi connectivity index (χ1) is 4.61. The second kappa shape index (κ2) is 2.39. The molecule has 1 heterocycles. The van der Waals surface area contributed by atoms with Gasteiger partial charge >= 0.3 is 67.5 Å². The topological polar surface area (TPSA) is 104 Å². The number of nitrogen functional groups attached to an aromatic ring is 3. The van der Waals surface area contributed by atoms with E-state index < -0.39 is 0 Å². The monoisotopic (exact) mass is 195 g/mol. The van der Waals surface area contributed by atoms with Gasteiger partial charge in [-0.3, -0.25) is 0 Å². The molecule has 10 heavy (non-hydrogen) atoms. The molecule has 1 aromatic heterocycles. The minimum atomic E-state index is 0.142. The van der Waals surface area contributed by atoms with Gasteiger partial charge in [0.25, 0.3) is 0 Å². The Morgan fingerprint density at radius 1 is 1.00 bits per heavy atom. The Morgan fingerprint density at radius 3 is 1.80 bits per heavy atom. The molecule has 1 aromatic rings. The quantitative estimate of drug-likeness (QED) is 0.397. The van der Waals surface area contributed by atoms with E-state index in [1.54, 1.807) is 0 Å². The summed E-state index contributed by atoms with van der Waals surface area (Å²) in [5.41, 5.74) is 16.2. The average molecular weight is 196 g/mol. The molecule has 0 aliphatic rings. The van der Waals surface area contributed by atoms with Crippen molar-refractivity contribution in [2.45, 2.75) is 0 Å². The average Bonchev–Trinajstić information content (AvgIpc) is 1.82. The van der Waals surface area contributed by atoms with Crippen LogP contribution >= 0.6 is 0 Å². The molecular formula is C4H8GaN5. The molecule has 0 aromatic carbocycles. The van der Waals surface area contributed by atoms with Crippen molar-refractivity contribution >= 4 is 40.3 Å². The van der Waals surface area contributed by atoms with Crippen molar-refractivity contribution in [3.8, 4) is 0 Å². The van der Waals surface area contributed by atoms with Crippen molar-refractivity contribution in [2.75, 3.05) is 17.2 Å².